The van der Waals surface area contributed by atoms with Crippen LogP contribution >= 0.6 is 11.6 Å². The monoisotopic (exact) mass is 386 g/mol. The average Bonchev–Trinajstić information content (AvgIpc) is 3.13. The second-order valence-electron chi connectivity index (χ2n) is 6.62. The quantitative estimate of drug-likeness (QED) is 0.617. The van der Waals surface area contributed by atoms with Crippen LogP contribution in [0.4, 0.5) is 0 Å². The molecule has 0 saturated carbocycles. The largest absolute Gasteiger partial charge is 0.478 e. The summed E-state index contributed by atoms with van der Waals surface area (Å²) in [5, 5.41) is 13.7. The van der Waals surface area contributed by atoms with E-state index in [2.05, 4.69) is 5.32 Å². The third-order valence-corrected chi connectivity index (χ3v) is 5.18. The number of halogens is 1. The molecule has 0 atom stereocenters. The second-order valence-corrected chi connectivity index (χ2v) is 7.03. The van der Waals surface area contributed by atoms with Crippen molar-refractivity contribution < 1.29 is 14.3 Å². The van der Waals surface area contributed by atoms with Crippen LogP contribution in [0.3, 0.4) is 0 Å². The summed E-state index contributed by atoms with van der Waals surface area (Å²) in [5.74, 6) is 0.768. The molecule has 6 heteroatoms. The summed E-state index contributed by atoms with van der Waals surface area (Å²) in [6.07, 6.45) is 0. The minimum atomic E-state index is -0.917. The first-order valence-electron chi connectivity index (χ1n) is 8.79. The maximum Gasteiger partial charge on any atom is 0.337 e. The van der Waals surface area contributed by atoms with Gasteiger partial charge in [-0.3, -0.25) is 0 Å². The lowest BCUT2D eigenvalue weighted by atomic mass is 10.1. The fourth-order valence-electron chi connectivity index (χ4n) is 3.37. The van der Waals surface area contributed by atoms with Crippen molar-refractivity contribution in [3.8, 4) is 0 Å². The molecule has 2 N–H and O–H groups in total. The van der Waals surface area contributed by atoms with Crippen molar-refractivity contribution in [2.75, 3.05) is 0 Å². The van der Waals surface area contributed by atoms with Crippen molar-refractivity contribution in [2.24, 2.45) is 0 Å². The fourth-order valence-corrected chi connectivity index (χ4v) is 3.57. The van der Waals surface area contributed by atoms with Crippen molar-refractivity contribution in [3.63, 3.8) is 0 Å². The molecule has 3 aromatic rings. The van der Waals surface area contributed by atoms with Crippen LogP contribution in [0.2, 0.25) is 5.02 Å². The van der Waals surface area contributed by atoms with E-state index in [1.807, 2.05) is 61.7 Å². The van der Waals surface area contributed by atoms with Crippen LogP contribution in [0.1, 0.15) is 44.4 Å². The molecule has 1 aromatic carbocycles. The molecular formula is C21H23ClN2O3. The highest BCUT2D eigenvalue weighted by Crippen LogP contribution is 2.26. The Balaban J connectivity index is 1.86. The molecule has 0 saturated heterocycles. The van der Waals surface area contributed by atoms with Gasteiger partial charge in [-0.25, -0.2) is 4.79 Å². The Morgan fingerprint density at radius 2 is 1.85 bits per heavy atom. The number of nitrogens with one attached hydrogen (secondary N) is 1. The molecule has 5 nitrogen and oxygen atoms in total. The summed E-state index contributed by atoms with van der Waals surface area (Å²) < 4.78 is 7.56. The molecule has 27 heavy (non-hydrogen) atoms. The van der Waals surface area contributed by atoms with Crippen molar-refractivity contribution in [1.82, 2.24) is 9.88 Å². The fraction of sp³-hybridized carbons (Fsp3) is 0.286. The van der Waals surface area contributed by atoms with Gasteiger partial charge in [0.1, 0.15) is 11.5 Å². The topological polar surface area (TPSA) is 67.4 Å². The molecule has 0 bridgehead atoms. The summed E-state index contributed by atoms with van der Waals surface area (Å²) >= 11 is 6.29. The van der Waals surface area contributed by atoms with Gasteiger partial charge >= 0.3 is 5.97 Å². The van der Waals surface area contributed by atoms with Crippen LogP contribution in [-0.4, -0.2) is 15.6 Å². The second kappa shape index (κ2) is 8.03. The number of rotatable bonds is 7. The number of furan rings is 1. The van der Waals surface area contributed by atoms with Gasteiger partial charge in [-0.15, -0.1) is 0 Å². The van der Waals surface area contributed by atoms with Gasteiger partial charge in [0.15, 0.2) is 0 Å². The number of hydrogen-bond acceptors (Lipinski definition) is 3. The molecule has 3 rings (SSSR count). The standard InChI is InChI=1S/C21H23ClN2O3/c1-13-8-9-17(27-13)10-23-11-18-14(2)24(15(3)20(18)21(25)26)12-16-6-4-5-7-19(16)22/h4-9,23H,10-12H2,1-3H3,(H,25,26). The molecule has 0 unspecified atom stereocenters. The first kappa shape index (κ1) is 19.3. The molecule has 0 amide bonds. The molecule has 2 aromatic heterocycles. The van der Waals surface area contributed by atoms with E-state index in [1.54, 1.807) is 0 Å². The molecule has 142 valence electrons. The van der Waals surface area contributed by atoms with E-state index >= 15 is 0 Å². The van der Waals surface area contributed by atoms with Crippen LogP contribution in [0.15, 0.2) is 40.8 Å². The first-order chi connectivity index (χ1) is 12.9. The molecule has 0 fully saturated rings. The third kappa shape index (κ3) is 4.10. The van der Waals surface area contributed by atoms with E-state index in [0.717, 1.165) is 34.0 Å². The Labute approximate surface area is 163 Å². The van der Waals surface area contributed by atoms with Crippen LogP contribution in [0, 0.1) is 20.8 Å². The number of nitrogens with zero attached hydrogens (tertiary/aromatic N) is 1. The number of aromatic nitrogens is 1. The van der Waals surface area contributed by atoms with E-state index in [9.17, 15) is 9.90 Å². The van der Waals surface area contributed by atoms with Gasteiger partial charge < -0.3 is 19.4 Å². The van der Waals surface area contributed by atoms with Gasteiger partial charge in [0.2, 0.25) is 0 Å². The van der Waals surface area contributed by atoms with E-state index < -0.39 is 5.97 Å². The number of aromatic carboxylic acids is 1. The zero-order valence-electron chi connectivity index (χ0n) is 15.7. The van der Waals surface area contributed by atoms with Crippen molar-refractivity contribution >= 4 is 17.6 Å². The van der Waals surface area contributed by atoms with Gasteiger partial charge in [-0.05, 0) is 44.5 Å². The SMILES string of the molecule is Cc1ccc(CNCc2c(C(=O)O)c(C)n(Cc3ccccc3Cl)c2C)o1. The maximum atomic E-state index is 11.9. The highest BCUT2D eigenvalue weighted by Gasteiger charge is 2.22. The van der Waals surface area contributed by atoms with Crippen molar-refractivity contribution in [3.05, 3.63) is 81.0 Å². The third-order valence-electron chi connectivity index (χ3n) is 4.81. The first-order valence-corrected chi connectivity index (χ1v) is 9.17. The number of carbonyl (C=O) groups is 1. The Bertz CT molecular complexity index is 972. The molecule has 0 aliphatic carbocycles. The lowest BCUT2D eigenvalue weighted by Gasteiger charge is -2.11. The lowest BCUT2D eigenvalue weighted by Crippen LogP contribution is -2.15. The number of carboxylic acid groups (broad SMARTS) is 1. The van der Waals surface area contributed by atoms with Crippen LogP contribution < -0.4 is 5.32 Å². The number of hydrogen-bond donors (Lipinski definition) is 2. The molecule has 0 aliphatic rings. The predicted molar refractivity (Wildman–Crippen MR) is 105 cm³/mol. The summed E-state index contributed by atoms with van der Waals surface area (Å²) in [7, 11) is 0. The molecule has 0 spiro atoms. The minimum absolute atomic E-state index is 0.350. The normalized spacial score (nSPS) is 11.1. The highest BCUT2D eigenvalue weighted by atomic mass is 35.5. The Hall–Kier alpha value is -2.50. The van der Waals surface area contributed by atoms with Crippen molar-refractivity contribution in [1.29, 1.82) is 0 Å². The van der Waals surface area contributed by atoms with E-state index in [1.165, 1.54) is 0 Å². The number of benzene rings is 1. The van der Waals surface area contributed by atoms with Crippen LogP contribution in [0.25, 0.3) is 0 Å². The highest BCUT2D eigenvalue weighted by molar-refractivity contribution is 6.31. The molecule has 2 heterocycles. The maximum absolute atomic E-state index is 11.9. The summed E-state index contributed by atoms with van der Waals surface area (Å²) in [5.41, 5.74) is 3.75. The van der Waals surface area contributed by atoms with E-state index in [4.69, 9.17) is 16.0 Å². The number of aryl methyl sites for hydroxylation is 1. The lowest BCUT2D eigenvalue weighted by molar-refractivity contribution is 0.0694. The molecule has 0 aliphatic heterocycles. The van der Waals surface area contributed by atoms with E-state index in [-0.39, 0.29) is 0 Å². The number of carboxylic acids is 1. The summed E-state index contributed by atoms with van der Waals surface area (Å²) in [4.78, 5) is 11.9. The van der Waals surface area contributed by atoms with Crippen LogP contribution in [-0.2, 0) is 19.6 Å². The van der Waals surface area contributed by atoms with Gasteiger partial charge in [-0.1, -0.05) is 29.8 Å². The zero-order valence-corrected chi connectivity index (χ0v) is 16.4. The zero-order chi connectivity index (χ0) is 19.6. The van der Waals surface area contributed by atoms with Gasteiger partial charge in [-0.2, -0.15) is 0 Å². The van der Waals surface area contributed by atoms with Crippen molar-refractivity contribution in [2.45, 2.75) is 40.4 Å². The van der Waals surface area contributed by atoms with Crippen LogP contribution in [0.5, 0.6) is 0 Å². The predicted octanol–water partition coefficient (Wildman–Crippen LogP) is 4.70. The summed E-state index contributed by atoms with van der Waals surface area (Å²) in [6, 6.07) is 11.4. The minimum Gasteiger partial charge on any atom is -0.478 e. The molecule has 0 radical (unpaired) electrons. The van der Waals surface area contributed by atoms with E-state index in [0.29, 0.717) is 30.2 Å². The van der Waals surface area contributed by atoms with Gasteiger partial charge in [0, 0.05) is 35.1 Å². The van der Waals surface area contributed by atoms with Gasteiger partial charge in [0.05, 0.1) is 12.1 Å². The Morgan fingerprint density at radius 3 is 2.48 bits per heavy atom. The molecular weight excluding hydrogens is 364 g/mol. The summed E-state index contributed by atoms with van der Waals surface area (Å²) in [6.45, 7) is 7.21. The smallest absolute Gasteiger partial charge is 0.337 e. The van der Waals surface area contributed by atoms with Gasteiger partial charge in [0.25, 0.3) is 0 Å². The Kier molecular flexibility index (Phi) is 5.73. The Morgan fingerprint density at radius 1 is 1.11 bits per heavy atom. The average molecular weight is 387 g/mol.